The quantitative estimate of drug-likeness (QED) is 0.281. The third-order valence-corrected chi connectivity index (χ3v) is 5.60. The van der Waals surface area contributed by atoms with Crippen LogP contribution in [0, 0.1) is 19.7 Å². The van der Waals surface area contributed by atoms with E-state index in [1.807, 2.05) is 14.1 Å². The highest BCUT2D eigenvalue weighted by atomic mass is 19.1. The number of rotatable bonds is 6. The summed E-state index contributed by atoms with van der Waals surface area (Å²) in [7, 11) is 5.02. The third-order valence-electron chi connectivity index (χ3n) is 5.60. The number of nitrogens with zero attached hydrogens (tertiary/aromatic N) is 1. The molecule has 3 rings (SSSR count). The van der Waals surface area contributed by atoms with Gasteiger partial charge in [0.2, 0.25) is 5.78 Å². The molecule has 1 saturated heterocycles. The van der Waals surface area contributed by atoms with Crippen molar-refractivity contribution in [3.05, 3.63) is 63.7 Å². The second-order valence-electron chi connectivity index (χ2n) is 8.10. The van der Waals surface area contributed by atoms with Gasteiger partial charge in [0, 0.05) is 11.3 Å². The van der Waals surface area contributed by atoms with E-state index in [1.165, 1.54) is 30.2 Å². The van der Waals surface area contributed by atoms with Gasteiger partial charge in [-0.2, -0.15) is 0 Å². The first-order chi connectivity index (χ1) is 15.1. The summed E-state index contributed by atoms with van der Waals surface area (Å²) in [5, 5.41) is 13.6. The Balaban J connectivity index is 2.23. The van der Waals surface area contributed by atoms with E-state index < -0.39 is 35.3 Å². The number of likely N-dealkylation sites (tertiary alicyclic amines) is 1. The Labute approximate surface area is 185 Å². The van der Waals surface area contributed by atoms with E-state index in [0.29, 0.717) is 23.4 Å². The minimum atomic E-state index is -1.02. The predicted octanol–water partition coefficient (Wildman–Crippen LogP) is -0.0743. The van der Waals surface area contributed by atoms with Crippen LogP contribution in [0.15, 0.2) is 29.8 Å². The summed E-state index contributed by atoms with van der Waals surface area (Å²) >= 11 is 0. The molecule has 0 radical (unpaired) electrons. The highest BCUT2D eigenvalue weighted by Gasteiger charge is 2.44. The minimum absolute atomic E-state index is 0.0982. The Hall–Kier alpha value is -3.46. The van der Waals surface area contributed by atoms with E-state index in [-0.39, 0.29) is 23.4 Å². The number of methoxy groups -OCH3 is 1. The monoisotopic (exact) mass is 443 g/mol. The van der Waals surface area contributed by atoms with Crippen LogP contribution >= 0.6 is 0 Å². The number of ketones is 1. The van der Waals surface area contributed by atoms with Crippen LogP contribution < -0.4 is 10.0 Å². The smallest absolute Gasteiger partial charge is 0.354 e. The molecule has 1 aliphatic rings. The number of hydrogen-bond donors (Lipinski definition) is 2. The number of nitrogens with one attached hydrogen (secondary N) is 2. The summed E-state index contributed by atoms with van der Waals surface area (Å²) in [6, 6.07) is 4.50. The number of likely N-dealkylation sites (N-methyl/N-ethyl adjacent to an activating group) is 1. The van der Waals surface area contributed by atoms with Crippen molar-refractivity contribution < 1.29 is 33.5 Å². The van der Waals surface area contributed by atoms with Crippen molar-refractivity contribution >= 4 is 23.4 Å². The largest absolute Gasteiger partial charge is 0.872 e. The minimum Gasteiger partial charge on any atom is -0.872 e. The molecule has 9 heteroatoms. The molecule has 1 aromatic carbocycles. The average molecular weight is 443 g/mol. The molecule has 32 heavy (non-hydrogen) atoms. The fourth-order valence-electron chi connectivity index (χ4n) is 4.00. The molecule has 1 aliphatic heterocycles. The van der Waals surface area contributed by atoms with E-state index >= 15 is 0 Å². The number of aromatic amines is 1. The molecular weight excluding hydrogens is 417 g/mol. The molecule has 1 atom stereocenters. The van der Waals surface area contributed by atoms with Crippen LogP contribution in [-0.2, 0) is 14.3 Å². The second-order valence-corrected chi connectivity index (χ2v) is 8.10. The molecule has 2 heterocycles. The van der Waals surface area contributed by atoms with Crippen molar-refractivity contribution in [1.29, 1.82) is 0 Å². The molecule has 0 saturated carbocycles. The Kier molecular flexibility index (Phi) is 6.50. The normalized spacial score (nSPS) is 18.0. The van der Waals surface area contributed by atoms with Gasteiger partial charge in [0.15, 0.2) is 0 Å². The lowest BCUT2D eigenvalue weighted by Gasteiger charge is -2.28. The maximum atomic E-state index is 14.0. The molecule has 1 fully saturated rings. The van der Waals surface area contributed by atoms with Gasteiger partial charge >= 0.3 is 5.97 Å². The zero-order valence-corrected chi connectivity index (χ0v) is 18.7. The molecule has 0 bridgehead atoms. The number of benzene rings is 1. The van der Waals surface area contributed by atoms with E-state index in [2.05, 4.69) is 4.98 Å². The first-order valence-electron chi connectivity index (χ1n) is 10.2. The van der Waals surface area contributed by atoms with Gasteiger partial charge in [0.25, 0.3) is 5.91 Å². The Morgan fingerprint density at radius 1 is 1.28 bits per heavy atom. The van der Waals surface area contributed by atoms with Crippen molar-refractivity contribution in [3.8, 4) is 0 Å². The van der Waals surface area contributed by atoms with Gasteiger partial charge in [-0.3, -0.25) is 9.59 Å². The molecule has 1 unspecified atom stereocenters. The molecular formula is C23H26FN3O5. The second kappa shape index (κ2) is 8.96. The Morgan fingerprint density at radius 2 is 1.97 bits per heavy atom. The standard InChI is InChI=1S/C23H26FN3O5/c1-12-16(13(2)25-18(12)23(31)32-5)20(28)17-19(14-7-6-8-15(24)11-14)27(10-9-26(3)4)22(30)21(17)29/h6-8,11,19,25,28H,9-10H2,1-5H3. The lowest BCUT2D eigenvalue weighted by molar-refractivity contribution is -0.857. The number of ether oxygens (including phenoxy) is 1. The molecule has 1 amide bonds. The zero-order valence-electron chi connectivity index (χ0n) is 18.7. The number of aromatic nitrogens is 1. The number of esters is 1. The van der Waals surface area contributed by atoms with Gasteiger partial charge < -0.3 is 24.6 Å². The van der Waals surface area contributed by atoms with Crippen LogP contribution in [0.3, 0.4) is 0 Å². The van der Waals surface area contributed by atoms with E-state index in [0.717, 1.165) is 4.90 Å². The number of amides is 1. The zero-order chi connectivity index (χ0) is 23.7. The summed E-state index contributed by atoms with van der Waals surface area (Å²) < 4.78 is 18.8. The molecule has 2 N–H and O–H groups in total. The maximum absolute atomic E-state index is 14.0. The average Bonchev–Trinajstić information content (AvgIpc) is 3.18. The van der Waals surface area contributed by atoms with Crippen LogP contribution in [0.4, 0.5) is 4.39 Å². The maximum Gasteiger partial charge on any atom is 0.354 e. The van der Waals surface area contributed by atoms with Crippen LogP contribution in [0.5, 0.6) is 0 Å². The number of carbonyl (C=O) groups is 3. The van der Waals surface area contributed by atoms with Crippen LogP contribution in [0.25, 0.3) is 5.76 Å². The fourth-order valence-corrected chi connectivity index (χ4v) is 4.00. The number of halogens is 1. The summed E-state index contributed by atoms with van der Waals surface area (Å²) in [6.07, 6.45) is 0. The SMILES string of the molecule is COC(=O)c1[nH]c(C)c(C([O-])=C2C(=O)C(=O)N(CC[NH+](C)C)C2c2cccc(F)c2)c1C. The first kappa shape index (κ1) is 23.2. The number of Topliss-reactive ketones (excluding diaryl/α,β-unsaturated/α-hetero) is 1. The first-order valence-corrected chi connectivity index (χ1v) is 10.2. The highest BCUT2D eigenvalue weighted by molar-refractivity contribution is 6.46. The van der Waals surface area contributed by atoms with E-state index in [1.54, 1.807) is 19.9 Å². The van der Waals surface area contributed by atoms with Gasteiger partial charge in [-0.25, -0.2) is 9.18 Å². The summed E-state index contributed by atoms with van der Waals surface area (Å²) in [4.78, 5) is 43.1. The number of H-pyrrole nitrogens is 1. The third kappa shape index (κ3) is 4.03. The summed E-state index contributed by atoms with van der Waals surface area (Å²) in [5.74, 6) is -3.58. The topological polar surface area (TPSA) is 107 Å². The van der Waals surface area contributed by atoms with Gasteiger partial charge in [0.1, 0.15) is 11.5 Å². The molecule has 2 aromatic rings. The van der Waals surface area contributed by atoms with Crippen molar-refractivity contribution in [3.63, 3.8) is 0 Å². The van der Waals surface area contributed by atoms with Gasteiger partial charge in [0.05, 0.1) is 40.3 Å². The van der Waals surface area contributed by atoms with Gasteiger partial charge in [-0.1, -0.05) is 17.9 Å². The molecule has 170 valence electrons. The van der Waals surface area contributed by atoms with Crippen LogP contribution in [0.2, 0.25) is 0 Å². The van der Waals surface area contributed by atoms with Gasteiger partial charge in [-0.05, 0) is 42.7 Å². The fraction of sp³-hybridized carbons (Fsp3) is 0.348. The molecule has 8 nitrogen and oxygen atoms in total. The van der Waals surface area contributed by atoms with E-state index in [4.69, 9.17) is 4.74 Å². The predicted molar refractivity (Wildman–Crippen MR) is 112 cm³/mol. The van der Waals surface area contributed by atoms with Crippen molar-refractivity contribution in [2.24, 2.45) is 0 Å². The Morgan fingerprint density at radius 3 is 2.56 bits per heavy atom. The number of quaternary nitrogens is 1. The molecule has 0 spiro atoms. The van der Waals surface area contributed by atoms with Crippen molar-refractivity contribution in [2.75, 3.05) is 34.3 Å². The van der Waals surface area contributed by atoms with Crippen molar-refractivity contribution in [1.82, 2.24) is 9.88 Å². The lowest BCUT2D eigenvalue weighted by Crippen LogP contribution is -3.06. The van der Waals surface area contributed by atoms with Crippen molar-refractivity contribution in [2.45, 2.75) is 19.9 Å². The number of carbonyl (C=O) groups excluding carboxylic acids is 3. The number of aryl methyl sites for hydroxylation is 1. The van der Waals surface area contributed by atoms with E-state index in [9.17, 15) is 23.9 Å². The van der Waals surface area contributed by atoms with Crippen LogP contribution in [0.1, 0.15) is 38.9 Å². The molecule has 1 aromatic heterocycles. The van der Waals surface area contributed by atoms with Crippen LogP contribution in [-0.4, -0.2) is 61.8 Å². The highest BCUT2D eigenvalue weighted by Crippen LogP contribution is 2.39. The van der Waals surface area contributed by atoms with Gasteiger partial charge in [-0.15, -0.1) is 0 Å². The summed E-state index contributed by atoms with van der Waals surface area (Å²) in [6.45, 7) is 3.90. The number of hydrogen-bond acceptors (Lipinski definition) is 5. The lowest BCUT2D eigenvalue weighted by atomic mass is 9.94. The Bertz CT molecular complexity index is 1120. The summed E-state index contributed by atoms with van der Waals surface area (Å²) in [5.41, 5.74) is 0.997. The molecule has 0 aliphatic carbocycles.